The van der Waals surface area contributed by atoms with Gasteiger partial charge in [-0.2, -0.15) is 0 Å². The first-order chi connectivity index (χ1) is 12.0. The molecule has 3 rings (SSSR count). The van der Waals surface area contributed by atoms with E-state index in [0.717, 1.165) is 36.5 Å². The van der Waals surface area contributed by atoms with Crippen LogP contribution in [0.3, 0.4) is 0 Å². The number of aliphatic hydroxyl groups excluding tert-OH is 1. The summed E-state index contributed by atoms with van der Waals surface area (Å²) in [6, 6.07) is 4.43. The molecule has 2 N–H and O–H groups in total. The number of β-amino-alcohol motifs (C(OH)–C–C–N with tert-alkyl or cyclic N) is 1. The molecule has 1 saturated heterocycles. The Morgan fingerprint density at radius 3 is 2.88 bits per heavy atom. The molecule has 1 aromatic rings. The Morgan fingerprint density at radius 2 is 2.16 bits per heavy atom. The highest BCUT2D eigenvalue weighted by molar-refractivity contribution is 6.17. The predicted octanol–water partition coefficient (Wildman–Crippen LogP) is 1.72. The second-order valence-corrected chi connectivity index (χ2v) is 6.56. The summed E-state index contributed by atoms with van der Waals surface area (Å²) >= 11 is 0. The summed E-state index contributed by atoms with van der Waals surface area (Å²) < 4.78 is 13.8. The van der Waals surface area contributed by atoms with Gasteiger partial charge in [-0.05, 0) is 37.0 Å². The molecular formula is C18H22FN3O3. The van der Waals surface area contributed by atoms with E-state index < -0.39 is 17.6 Å². The predicted molar refractivity (Wildman–Crippen MR) is 92.5 cm³/mol. The van der Waals surface area contributed by atoms with Crippen LogP contribution in [0.4, 0.5) is 15.8 Å². The van der Waals surface area contributed by atoms with Gasteiger partial charge in [-0.1, -0.05) is 6.92 Å². The number of imide groups is 1. The fourth-order valence-corrected chi connectivity index (χ4v) is 3.35. The molecule has 2 aliphatic rings. The molecular weight excluding hydrogens is 325 g/mol. The minimum atomic E-state index is -0.513. The molecule has 0 spiro atoms. The largest absolute Gasteiger partial charge is 0.395 e. The van der Waals surface area contributed by atoms with Crippen LogP contribution in [0, 0.1) is 11.7 Å². The van der Waals surface area contributed by atoms with Gasteiger partial charge in [0.2, 0.25) is 0 Å². The number of piperidine rings is 1. The molecule has 1 aromatic carbocycles. The average Bonchev–Trinajstić information content (AvgIpc) is 2.83. The molecule has 25 heavy (non-hydrogen) atoms. The van der Waals surface area contributed by atoms with E-state index in [1.807, 2.05) is 0 Å². The van der Waals surface area contributed by atoms with Crippen LogP contribution in [-0.4, -0.2) is 48.1 Å². The minimum Gasteiger partial charge on any atom is -0.395 e. The standard InChI is InChI=1S/C18H22FN3O3/c1-12-3-2-6-21(11-12)16-5-4-13(19)9-14(16)20-15-10-17(24)22(7-8-23)18(15)25/h4-5,9-10,12,20,23H,2-3,6-8,11H2,1H3. The van der Waals surface area contributed by atoms with Crippen LogP contribution in [0.2, 0.25) is 0 Å². The first-order valence-corrected chi connectivity index (χ1v) is 8.49. The Labute approximate surface area is 145 Å². The van der Waals surface area contributed by atoms with Crippen molar-refractivity contribution in [2.24, 2.45) is 5.92 Å². The highest BCUT2D eigenvalue weighted by Gasteiger charge is 2.31. The summed E-state index contributed by atoms with van der Waals surface area (Å²) in [7, 11) is 0. The van der Waals surface area contributed by atoms with Crippen molar-refractivity contribution in [3.63, 3.8) is 0 Å². The number of aliphatic hydroxyl groups is 1. The van der Waals surface area contributed by atoms with Crippen LogP contribution in [0.25, 0.3) is 0 Å². The van der Waals surface area contributed by atoms with Crippen LogP contribution >= 0.6 is 0 Å². The average molecular weight is 347 g/mol. The van der Waals surface area contributed by atoms with Gasteiger partial charge in [0, 0.05) is 19.2 Å². The van der Waals surface area contributed by atoms with E-state index >= 15 is 0 Å². The molecule has 0 saturated carbocycles. The van der Waals surface area contributed by atoms with Gasteiger partial charge in [-0.3, -0.25) is 14.5 Å². The summed E-state index contributed by atoms with van der Waals surface area (Å²) in [5, 5.41) is 11.9. The maximum absolute atomic E-state index is 13.8. The van der Waals surface area contributed by atoms with Gasteiger partial charge in [0.25, 0.3) is 11.8 Å². The molecule has 0 aromatic heterocycles. The van der Waals surface area contributed by atoms with E-state index in [4.69, 9.17) is 5.11 Å². The Balaban J connectivity index is 1.85. The number of hydrogen-bond donors (Lipinski definition) is 2. The van der Waals surface area contributed by atoms with Gasteiger partial charge in [0.15, 0.2) is 0 Å². The summed E-state index contributed by atoms with van der Waals surface area (Å²) in [6.07, 6.45) is 3.41. The van der Waals surface area contributed by atoms with E-state index in [0.29, 0.717) is 11.6 Å². The van der Waals surface area contributed by atoms with Crippen molar-refractivity contribution in [1.82, 2.24) is 4.90 Å². The molecule has 0 aliphatic carbocycles. The number of amides is 2. The molecule has 0 radical (unpaired) electrons. The van der Waals surface area contributed by atoms with E-state index in [1.165, 1.54) is 18.2 Å². The van der Waals surface area contributed by atoms with E-state index in [2.05, 4.69) is 17.1 Å². The molecule has 2 amide bonds. The van der Waals surface area contributed by atoms with Crippen molar-refractivity contribution in [1.29, 1.82) is 0 Å². The lowest BCUT2D eigenvalue weighted by atomic mass is 9.99. The number of nitrogens with zero attached hydrogens (tertiary/aromatic N) is 2. The zero-order valence-electron chi connectivity index (χ0n) is 14.2. The van der Waals surface area contributed by atoms with Gasteiger partial charge >= 0.3 is 0 Å². The molecule has 7 heteroatoms. The second-order valence-electron chi connectivity index (χ2n) is 6.56. The van der Waals surface area contributed by atoms with Crippen LogP contribution in [0.15, 0.2) is 30.0 Å². The molecule has 134 valence electrons. The van der Waals surface area contributed by atoms with Crippen LogP contribution in [0.5, 0.6) is 0 Å². The smallest absolute Gasteiger partial charge is 0.277 e. The van der Waals surface area contributed by atoms with Gasteiger partial charge in [-0.25, -0.2) is 4.39 Å². The first-order valence-electron chi connectivity index (χ1n) is 8.49. The number of nitrogens with one attached hydrogen (secondary N) is 1. The highest BCUT2D eigenvalue weighted by atomic mass is 19.1. The first kappa shape index (κ1) is 17.4. The molecule has 1 fully saturated rings. The SMILES string of the molecule is CC1CCCN(c2ccc(F)cc2NC2=CC(=O)N(CCO)C2=O)C1. The summed E-state index contributed by atoms with van der Waals surface area (Å²) in [6.45, 7) is 3.56. The van der Waals surface area contributed by atoms with Crippen molar-refractivity contribution >= 4 is 23.2 Å². The van der Waals surface area contributed by atoms with Crippen LogP contribution in [0.1, 0.15) is 19.8 Å². The Morgan fingerprint density at radius 1 is 1.36 bits per heavy atom. The van der Waals surface area contributed by atoms with Crippen molar-refractivity contribution in [3.05, 3.63) is 35.8 Å². The van der Waals surface area contributed by atoms with E-state index in [1.54, 1.807) is 6.07 Å². The fraction of sp³-hybridized carbons (Fsp3) is 0.444. The number of carbonyl (C=O) groups is 2. The van der Waals surface area contributed by atoms with Crippen molar-refractivity contribution in [2.45, 2.75) is 19.8 Å². The van der Waals surface area contributed by atoms with Gasteiger partial charge in [0.05, 0.1) is 24.5 Å². The highest BCUT2D eigenvalue weighted by Crippen LogP contribution is 2.32. The second kappa shape index (κ2) is 7.23. The Kier molecular flexibility index (Phi) is 5.03. The molecule has 6 nitrogen and oxygen atoms in total. The number of hydrogen-bond acceptors (Lipinski definition) is 5. The normalized spacial score (nSPS) is 20.9. The third kappa shape index (κ3) is 3.66. The number of carbonyl (C=O) groups excluding carboxylic acids is 2. The zero-order valence-corrected chi connectivity index (χ0v) is 14.2. The van der Waals surface area contributed by atoms with Crippen LogP contribution in [-0.2, 0) is 9.59 Å². The summed E-state index contributed by atoms with van der Waals surface area (Å²) in [5.74, 6) is -0.867. The molecule has 0 bridgehead atoms. The lowest BCUT2D eigenvalue weighted by Gasteiger charge is -2.34. The van der Waals surface area contributed by atoms with Gasteiger partial charge in [0.1, 0.15) is 11.5 Å². The maximum atomic E-state index is 13.8. The Bertz CT molecular complexity index is 720. The topological polar surface area (TPSA) is 72.9 Å². The van der Waals surface area contributed by atoms with E-state index in [-0.39, 0.29) is 18.8 Å². The Hall–Kier alpha value is -2.41. The lowest BCUT2D eigenvalue weighted by Crippen LogP contribution is -2.35. The lowest BCUT2D eigenvalue weighted by molar-refractivity contribution is -0.137. The summed E-state index contributed by atoms with van der Waals surface area (Å²) in [5.41, 5.74) is 1.37. The van der Waals surface area contributed by atoms with Gasteiger partial charge < -0.3 is 15.3 Å². The van der Waals surface area contributed by atoms with Gasteiger partial charge in [-0.15, -0.1) is 0 Å². The monoisotopic (exact) mass is 347 g/mol. The minimum absolute atomic E-state index is 0.0566. The molecule has 2 aliphatic heterocycles. The van der Waals surface area contributed by atoms with Crippen molar-refractivity contribution in [3.8, 4) is 0 Å². The zero-order chi connectivity index (χ0) is 18.0. The third-order valence-corrected chi connectivity index (χ3v) is 4.56. The van der Waals surface area contributed by atoms with Crippen LogP contribution < -0.4 is 10.2 Å². The molecule has 1 atom stereocenters. The van der Waals surface area contributed by atoms with Crippen molar-refractivity contribution < 1.29 is 19.1 Å². The number of anilines is 2. The van der Waals surface area contributed by atoms with Crippen molar-refractivity contribution in [2.75, 3.05) is 36.5 Å². The van der Waals surface area contributed by atoms with E-state index in [9.17, 15) is 14.0 Å². The number of benzene rings is 1. The number of rotatable bonds is 5. The fourth-order valence-electron chi connectivity index (χ4n) is 3.35. The molecule has 1 unspecified atom stereocenters. The third-order valence-electron chi connectivity index (χ3n) is 4.56. The molecule has 2 heterocycles. The quantitative estimate of drug-likeness (QED) is 0.794. The maximum Gasteiger partial charge on any atom is 0.277 e. The summed E-state index contributed by atoms with van der Waals surface area (Å²) in [4.78, 5) is 27.3. The number of halogens is 1.